The number of hydrogen-bond acceptors (Lipinski definition) is 3. The van der Waals surface area contributed by atoms with Crippen molar-refractivity contribution in [2.75, 3.05) is 11.9 Å². The lowest BCUT2D eigenvalue weighted by atomic mass is 10.1. The molecular formula is C11H15NO3. The van der Waals surface area contributed by atoms with Gasteiger partial charge >= 0.3 is 5.97 Å². The molecule has 0 aromatic heterocycles. The molecule has 0 heterocycles. The van der Waals surface area contributed by atoms with Crippen molar-refractivity contribution in [2.24, 2.45) is 0 Å². The third-order valence-corrected chi connectivity index (χ3v) is 1.86. The van der Waals surface area contributed by atoms with Crippen LogP contribution in [0.2, 0.25) is 0 Å². The van der Waals surface area contributed by atoms with E-state index in [1.165, 1.54) is 12.1 Å². The minimum Gasteiger partial charge on any atom is -0.478 e. The van der Waals surface area contributed by atoms with E-state index in [1.54, 1.807) is 26.0 Å². The number of rotatable bonds is 4. The Morgan fingerprint density at radius 2 is 1.87 bits per heavy atom. The van der Waals surface area contributed by atoms with E-state index in [0.29, 0.717) is 6.54 Å². The lowest BCUT2D eigenvalue weighted by Gasteiger charge is -2.18. The van der Waals surface area contributed by atoms with Crippen molar-refractivity contribution in [1.29, 1.82) is 0 Å². The number of carboxylic acids is 1. The van der Waals surface area contributed by atoms with E-state index in [-0.39, 0.29) is 5.56 Å². The zero-order valence-electron chi connectivity index (χ0n) is 8.82. The molecule has 0 amide bonds. The first-order chi connectivity index (χ1) is 6.88. The van der Waals surface area contributed by atoms with Gasteiger partial charge < -0.3 is 15.5 Å². The SMILES string of the molecule is CC(C)(O)CNc1ccc(C(=O)O)cc1. The van der Waals surface area contributed by atoms with Crippen molar-refractivity contribution in [3.63, 3.8) is 0 Å². The molecule has 0 radical (unpaired) electrons. The maximum atomic E-state index is 10.6. The average Bonchev–Trinajstić information content (AvgIpc) is 2.14. The van der Waals surface area contributed by atoms with E-state index in [9.17, 15) is 9.90 Å². The molecule has 0 saturated carbocycles. The second-order valence-electron chi connectivity index (χ2n) is 4.05. The summed E-state index contributed by atoms with van der Waals surface area (Å²) in [5.41, 5.74) is 0.261. The maximum absolute atomic E-state index is 10.6. The summed E-state index contributed by atoms with van der Waals surface area (Å²) in [5, 5.41) is 21.1. The lowest BCUT2D eigenvalue weighted by Crippen LogP contribution is -2.29. The Labute approximate surface area is 88.6 Å². The van der Waals surface area contributed by atoms with Gasteiger partial charge in [-0.1, -0.05) is 0 Å². The van der Waals surface area contributed by atoms with E-state index in [0.717, 1.165) is 5.69 Å². The van der Waals surface area contributed by atoms with Crippen LogP contribution >= 0.6 is 0 Å². The van der Waals surface area contributed by atoms with Gasteiger partial charge in [-0.3, -0.25) is 0 Å². The summed E-state index contributed by atoms with van der Waals surface area (Å²) in [6.07, 6.45) is 0. The van der Waals surface area contributed by atoms with Crippen molar-refractivity contribution in [2.45, 2.75) is 19.4 Å². The van der Waals surface area contributed by atoms with E-state index in [1.807, 2.05) is 0 Å². The number of aromatic carboxylic acids is 1. The Kier molecular flexibility index (Phi) is 3.31. The van der Waals surface area contributed by atoms with Crippen LogP contribution < -0.4 is 5.32 Å². The second-order valence-corrected chi connectivity index (χ2v) is 4.05. The third kappa shape index (κ3) is 3.99. The Balaban J connectivity index is 2.61. The maximum Gasteiger partial charge on any atom is 0.335 e. The molecule has 1 aromatic carbocycles. The molecule has 82 valence electrons. The van der Waals surface area contributed by atoms with Crippen LogP contribution in [0.5, 0.6) is 0 Å². The number of aliphatic hydroxyl groups is 1. The molecule has 0 spiro atoms. The Hall–Kier alpha value is -1.55. The number of anilines is 1. The summed E-state index contributed by atoms with van der Waals surface area (Å²) < 4.78 is 0. The molecule has 0 atom stereocenters. The monoisotopic (exact) mass is 209 g/mol. The van der Waals surface area contributed by atoms with Crippen molar-refractivity contribution < 1.29 is 15.0 Å². The Morgan fingerprint density at radius 1 is 1.33 bits per heavy atom. The zero-order valence-corrected chi connectivity index (χ0v) is 8.82. The van der Waals surface area contributed by atoms with Crippen LogP contribution in [0.15, 0.2) is 24.3 Å². The van der Waals surface area contributed by atoms with Gasteiger partial charge in [0.2, 0.25) is 0 Å². The number of carbonyl (C=O) groups is 1. The van der Waals surface area contributed by atoms with Gasteiger partial charge in [0.05, 0.1) is 11.2 Å². The molecule has 0 fully saturated rings. The highest BCUT2D eigenvalue weighted by Gasteiger charge is 2.11. The van der Waals surface area contributed by atoms with Gasteiger partial charge in [0.1, 0.15) is 0 Å². The normalized spacial score (nSPS) is 11.1. The molecule has 0 unspecified atom stereocenters. The summed E-state index contributed by atoms with van der Waals surface area (Å²) in [5.74, 6) is -0.941. The first kappa shape index (κ1) is 11.5. The van der Waals surface area contributed by atoms with E-state index < -0.39 is 11.6 Å². The van der Waals surface area contributed by atoms with Gasteiger partial charge in [-0.25, -0.2) is 4.79 Å². The highest BCUT2D eigenvalue weighted by Crippen LogP contribution is 2.11. The Morgan fingerprint density at radius 3 is 2.27 bits per heavy atom. The molecule has 1 aromatic rings. The van der Waals surface area contributed by atoms with Gasteiger partial charge in [0.25, 0.3) is 0 Å². The van der Waals surface area contributed by atoms with E-state index >= 15 is 0 Å². The molecule has 4 nitrogen and oxygen atoms in total. The standard InChI is InChI=1S/C11H15NO3/c1-11(2,15)7-12-9-5-3-8(4-6-9)10(13)14/h3-6,12,15H,7H2,1-2H3,(H,13,14). The summed E-state index contributed by atoms with van der Waals surface area (Å²) >= 11 is 0. The first-order valence-corrected chi connectivity index (χ1v) is 4.68. The second kappa shape index (κ2) is 4.31. The molecule has 0 aliphatic heterocycles. The summed E-state index contributed by atoms with van der Waals surface area (Å²) in [6, 6.07) is 6.40. The minimum absolute atomic E-state index is 0.254. The molecule has 4 heteroatoms. The summed E-state index contributed by atoms with van der Waals surface area (Å²) in [7, 11) is 0. The quantitative estimate of drug-likeness (QED) is 0.704. The van der Waals surface area contributed by atoms with Gasteiger partial charge in [-0.2, -0.15) is 0 Å². The number of benzene rings is 1. The summed E-state index contributed by atoms with van der Waals surface area (Å²) in [6.45, 7) is 3.82. The van der Waals surface area contributed by atoms with Crippen molar-refractivity contribution in [1.82, 2.24) is 0 Å². The molecule has 15 heavy (non-hydrogen) atoms. The largest absolute Gasteiger partial charge is 0.478 e. The topological polar surface area (TPSA) is 69.6 Å². The van der Waals surface area contributed by atoms with Crippen LogP contribution in [-0.4, -0.2) is 28.3 Å². The van der Waals surface area contributed by atoms with Gasteiger partial charge in [0, 0.05) is 12.2 Å². The van der Waals surface area contributed by atoms with Crippen LogP contribution in [-0.2, 0) is 0 Å². The molecule has 1 rings (SSSR count). The minimum atomic E-state index is -0.941. The molecule has 0 bridgehead atoms. The molecule has 0 saturated heterocycles. The lowest BCUT2D eigenvalue weighted by molar-refractivity contribution is 0.0696. The van der Waals surface area contributed by atoms with Gasteiger partial charge in [-0.05, 0) is 38.1 Å². The van der Waals surface area contributed by atoms with Gasteiger partial charge in [-0.15, -0.1) is 0 Å². The highest BCUT2D eigenvalue weighted by molar-refractivity contribution is 5.87. The van der Waals surface area contributed by atoms with Crippen LogP contribution in [0.1, 0.15) is 24.2 Å². The van der Waals surface area contributed by atoms with Crippen LogP contribution in [0.25, 0.3) is 0 Å². The molecule has 3 N–H and O–H groups in total. The average molecular weight is 209 g/mol. The third-order valence-electron chi connectivity index (χ3n) is 1.86. The molecule has 0 aliphatic carbocycles. The number of carboxylic acid groups (broad SMARTS) is 1. The fourth-order valence-corrected chi connectivity index (χ4v) is 1.05. The fraction of sp³-hybridized carbons (Fsp3) is 0.364. The number of nitrogens with one attached hydrogen (secondary N) is 1. The summed E-state index contributed by atoms with van der Waals surface area (Å²) in [4.78, 5) is 10.6. The Bertz CT molecular complexity index is 338. The number of hydrogen-bond donors (Lipinski definition) is 3. The highest BCUT2D eigenvalue weighted by atomic mass is 16.4. The predicted molar refractivity (Wildman–Crippen MR) is 58.2 cm³/mol. The van der Waals surface area contributed by atoms with Crippen LogP contribution in [0.4, 0.5) is 5.69 Å². The molecule has 0 aliphatic rings. The smallest absolute Gasteiger partial charge is 0.335 e. The van der Waals surface area contributed by atoms with Crippen molar-refractivity contribution in [3.05, 3.63) is 29.8 Å². The predicted octanol–water partition coefficient (Wildman–Crippen LogP) is 1.57. The first-order valence-electron chi connectivity index (χ1n) is 4.68. The molecular weight excluding hydrogens is 194 g/mol. The van der Waals surface area contributed by atoms with Crippen molar-refractivity contribution in [3.8, 4) is 0 Å². The van der Waals surface area contributed by atoms with E-state index in [4.69, 9.17) is 5.11 Å². The fourth-order valence-electron chi connectivity index (χ4n) is 1.05. The van der Waals surface area contributed by atoms with Crippen LogP contribution in [0, 0.1) is 0 Å². The van der Waals surface area contributed by atoms with Gasteiger partial charge in [0.15, 0.2) is 0 Å². The van der Waals surface area contributed by atoms with Crippen molar-refractivity contribution >= 4 is 11.7 Å². The van der Waals surface area contributed by atoms with Crippen LogP contribution in [0.3, 0.4) is 0 Å². The van der Waals surface area contributed by atoms with E-state index in [2.05, 4.69) is 5.32 Å². The zero-order chi connectivity index (χ0) is 11.5.